The fourth-order valence-electron chi connectivity index (χ4n) is 2.28. The standard InChI is InChI=1S/C13H17ClN6O/c1-2-4-19-5-3-15-11(19)10-16-12(14)18-13(17-10)20-6-8-21-9-7-20/h3,5H,2,4,6-9H2,1H3. The molecule has 3 heterocycles. The van der Waals surface area contributed by atoms with Gasteiger partial charge in [0.15, 0.2) is 5.82 Å². The topological polar surface area (TPSA) is 69.0 Å². The number of morpholine rings is 1. The molecule has 0 atom stereocenters. The van der Waals surface area contributed by atoms with Gasteiger partial charge in [-0.3, -0.25) is 0 Å². The maximum Gasteiger partial charge on any atom is 0.230 e. The van der Waals surface area contributed by atoms with Gasteiger partial charge >= 0.3 is 0 Å². The second-order valence-electron chi connectivity index (χ2n) is 4.77. The average molecular weight is 309 g/mol. The Kier molecular flexibility index (Phi) is 4.31. The van der Waals surface area contributed by atoms with E-state index >= 15 is 0 Å². The van der Waals surface area contributed by atoms with Crippen molar-refractivity contribution in [3.05, 3.63) is 17.7 Å². The molecular weight excluding hydrogens is 292 g/mol. The molecule has 0 spiro atoms. The zero-order valence-electron chi connectivity index (χ0n) is 11.9. The molecule has 0 N–H and O–H groups in total. The van der Waals surface area contributed by atoms with Crippen molar-refractivity contribution in [1.29, 1.82) is 0 Å². The number of hydrogen-bond acceptors (Lipinski definition) is 6. The largest absolute Gasteiger partial charge is 0.378 e. The molecule has 1 fully saturated rings. The van der Waals surface area contributed by atoms with Crippen LogP contribution in [-0.4, -0.2) is 50.8 Å². The molecule has 1 saturated heterocycles. The average Bonchev–Trinajstić information content (AvgIpc) is 2.96. The van der Waals surface area contributed by atoms with Gasteiger partial charge in [0.05, 0.1) is 13.2 Å². The molecule has 0 bridgehead atoms. The lowest BCUT2D eigenvalue weighted by atomic mass is 10.4. The molecule has 21 heavy (non-hydrogen) atoms. The minimum atomic E-state index is 0.188. The van der Waals surface area contributed by atoms with Crippen LogP contribution >= 0.6 is 11.6 Å². The Morgan fingerprint density at radius 1 is 1.24 bits per heavy atom. The first-order valence-corrected chi connectivity index (χ1v) is 7.41. The van der Waals surface area contributed by atoms with Crippen molar-refractivity contribution in [3.63, 3.8) is 0 Å². The summed E-state index contributed by atoms with van der Waals surface area (Å²) in [6.07, 6.45) is 4.68. The van der Waals surface area contributed by atoms with Crippen LogP contribution in [-0.2, 0) is 11.3 Å². The molecule has 1 aliphatic heterocycles. The lowest BCUT2D eigenvalue weighted by Crippen LogP contribution is -2.37. The number of rotatable bonds is 4. The summed E-state index contributed by atoms with van der Waals surface area (Å²) in [6, 6.07) is 0. The van der Waals surface area contributed by atoms with E-state index in [9.17, 15) is 0 Å². The van der Waals surface area contributed by atoms with Crippen LogP contribution in [0.25, 0.3) is 11.6 Å². The highest BCUT2D eigenvalue weighted by molar-refractivity contribution is 6.28. The molecule has 3 rings (SSSR count). The first-order valence-electron chi connectivity index (χ1n) is 7.03. The predicted molar refractivity (Wildman–Crippen MR) is 79.4 cm³/mol. The van der Waals surface area contributed by atoms with Crippen LogP contribution in [0.3, 0.4) is 0 Å². The van der Waals surface area contributed by atoms with Crippen molar-refractivity contribution in [1.82, 2.24) is 24.5 Å². The normalized spacial score (nSPS) is 15.4. The molecule has 112 valence electrons. The highest BCUT2D eigenvalue weighted by atomic mass is 35.5. The van der Waals surface area contributed by atoms with Crippen LogP contribution in [0.1, 0.15) is 13.3 Å². The Hall–Kier alpha value is -1.73. The van der Waals surface area contributed by atoms with Crippen LogP contribution in [0.4, 0.5) is 5.95 Å². The number of halogens is 1. The maximum absolute atomic E-state index is 6.06. The van der Waals surface area contributed by atoms with Gasteiger partial charge in [-0.15, -0.1) is 0 Å². The number of anilines is 1. The van der Waals surface area contributed by atoms with Crippen molar-refractivity contribution >= 4 is 17.5 Å². The molecule has 0 aromatic carbocycles. The summed E-state index contributed by atoms with van der Waals surface area (Å²) in [4.78, 5) is 19.3. The molecule has 0 unspecified atom stereocenters. The zero-order valence-corrected chi connectivity index (χ0v) is 12.6. The van der Waals surface area contributed by atoms with E-state index in [1.165, 1.54) is 0 Å². The molecule has 1 aliphatic rings. The van der Waals surface area contributed by atoms with Crippen LogP contribution in [0.2, 0.25) is 5.28 Å². The molecule has 0 amide bonds. The molecule has 0 saturated carbocycles. The van der Waals surface area contributed by atoms with Gasteiger partial charge in [0.2, 0.25) is 17.1 Å². The van der Waals surface area contributed by atoms with Crippen LogP contribution in [0, 0.1) is 0 Å². The maximum atomic E-state index is 6.06. The Labute approximate surface area is 128 Å². The Morgan fingerprint density at radius 3 is 2.81 bits per heavy atom. The molecular formula is C13H17ClN6O. The van der Waals surface area contributed by atoms with E-state index in [0.29, 0.717) is 25.0 Å². The first-order chi connectivity index (χ1) is 10.3. The second kappa shape index (κ2) is 6.36. The molecule has 0 radical (unpaired) electrons. The van der Waals surface area contributed by atoms with Crippen LogP contribution in [0.5, 0.6) is 0 Å². The van der Waals surface area contributed by atoms with E-state index in [2.05, 4.69) is 26.9 Å². The summed E-state index contributed by atoms with van der Waals surface area (Å²) in [5, 5.41) is 0.188. The lowest BCUT2D eigenvalue weighted by Gasteiger charge is -2.26. The van der Waals surface area contributed by atoms with Gasteiger partial charge in [0.25, 0.3) is 0 Å². The molecule has 7 nitrogen and oxygen atoms in total. The van der Waals surface area contributed by atoms with E-state index in [-0.39, 0.29) is 5.28 Å². The van der Waals surface area contributed by atoms with Crippen LogP contribution < -0.4 is 4.90 Å². The van der Waals surface area contributed by atoms with Gasteiger partial charge in [-0.2, -0.15) is 15.0 Å². The van der Waals surface area contributed by atoms with Crippen LogP contribution in [0.15, 0.2) is 12.4 Å². The van der Waals surface area contributed by atoms with Gasteiger partial charge in [-0.1, -0.05) is 6.92 Å². The zero-order chi connectivity index (χ0) is 14.7. The number of aryl methyl sites for hydroxylation is 1. The Bertz CT molecular complexity index is 610. The molecule has 8 heteroatoms. The SMILES string of the molecule is CCCn1ccnc1-c1nc(Cl)nc(N2CCOCC2)n1. The van der Waals surface area contributed by atoms with Crippen molar-refractivity contribution in [2.45, 2.75) is 19.9 Å². The van der Waals surface area contributed by atoms with Crippen molar-refractivity contribution in [2.24, 2.45) is 0 Å². The van der Waals surface area contributed by atoms with E-state index in [4.69, 9.17) is 16.3 Å². The Morgan fingerprint density at radius 2 is 2.05 bits per heavy atom. The third-order valence-electron chi connectivity index (χ3n) is 3.27. The molecule has 2 aromatic heterocycles. The summed E-state index contributed by atoms with van der Waals surface area (Å²) < 4.78 is 7.37. The number of aromatic nitrogens is 5. The van der Waals surface area contributed by atoms with Gasteiger partial charge in [-0.05, 0) is 18.0 Å². The highest BCUT2D eigenvalue weighted by Gasteiger charge is 2.18. The molecule has 0 aliphatic carbocycles. The summed E-state index contributed by atoms with van der Waals surface area (Å²) in [5.74, 6) is 1.81. The van der Waals surface area contributed by atoms with Crippen molar-refractivity contribution in [3.8, 4) is 11.6 Å². The molecule has 2 aromatic rings. The van der Waals surface area contributed by atoms with Crippen molar-refractivity contribution in [2.75, 3.05) is 31.2 Å². The predicted octanol–water partition coefficient (Wildman–Crippen LogP) is 1.64. The summed E-state index contributed by atoms with van der Waals surface area (Å²) in [7, 11) is 0. The van der Waals surface area contributed by atoms with E-state index < -0.39 is 0 Å². The van der Waals surface area contributed by atoms with Gasteiger partial charge in [0.1, 0.15) is 0 Å². The smallest absolute Gasteiger partial charge is 0.230 e. The fourth-order valence-corrected chi connectivity index (χ4v) is 2.44. The summed E-state index contributed by atoms with van der Waals surface area (Å²) >= 11 is 6.06. The highest BCUT2D eigenvalue weighted by Crippen LogP contribution is 2.19. The van der Waals surface area contributed by atoms with E-state index in [1.807, 2.05) is 15.7 Å². The minimum Gasteiger partial charge on any atom is -0.378 e. The Balaban J connectivity index is 1.95. The third kappa shape index (κ3) is 3.14. The van der Waals surface area contributed by atoms with Gasteiger partial charge in [-0.25, -0.2) is 4.98 Å². The number of nitrogens with zero attached hydrogens (tertiary/aromatic N) is 6. The summed E-state index contributed by atoms with van der Waals surface area (Å²) in [6.45, 7) is 5.83. The lowest BCUT2D eigenvalue weighted by molar-refractivity contribution is 0.122. The van der Waals surface area contributed by atoms with Crippen molar-refractivity contribution < 1.29 is 4.74 Å². The van der Waals surface area contributed by atoms with E-state index in [0.717, 1.165) is 31.9 Å². The number of imidazole rings is 1. The first kappa shape index (κ1) is 14.2. The summed E-state index contributed by atoms with van der Waals surface area (Å²) in [5.41, 5.74) is 0. The van der Waals surface area contributed by atoms with E-state index in [1.54, 1.807) is 6.20 Å². The number of ether oxygens (including phenoxy) is 1. The quantitative estimate of drug-likeness (QED) is 0.855. The van der Waals surface area contributed by atoms with Gasteiger partial charge < -0.3 is 14.2 Å². The minimum absolute atomic E-state index is 0.188. The second-order valence-corrected chi connectivity index (χ2v) is 5.11. The van der Waals surface area contributed by atoms with Gasteiger partial charge in [0, 0.05) is 32.0 Å². The fraction of sp³-hybridized carbons (Fsp3) is 0.538. The number of hydrogen-bond donors (Lipinski definition) is 0. The monoisotopic (exact) mass is 308 g/mol. The third-order valence-corrected chi connectivity index (χ3v) is 3.44.